The first-order chi connectivity index (χ1) is 13.0. The van der Waals surface area contributed by atoms with E-state index in [4.69, 9.17) is 12.2 Å². The fraction of sp³-hybridized carbons (Fsp3) is 0.182. The van der Waals surface area contributed by atoms with Crippen molar-refractivity contribution in [1.29, 1.82) is 0 Å². The number of benzene rings is 2. The Labute approximate surface area is 165 Å². The molecule has 138 valence electrons. The van der Waals surface area contributed by atoms with Gasteiger partial charge in [0.15, 0.2) is 5.11 Å². The molecular weight excluding hydrogens is 352 g/mol. The maximum Gasteiger partial charge on any atom is 0.191 e. The molecule has 4 nitrogen and oxygen atoms in total. The summed E-state index contributed by atoms with van der Waals surface area (Å²) in [5, 5.41) is 7.94. The molecule has 0 bridgehead atoms. The molecule has 0 saturated heterocycles. The van der Waals surface area contributed by atoms with E-state index in [1.54, 1.807) is 6.21 Å². The average molecular weight is 377 g/mol. The highest BCUT2D eigenvalue weighted by atomic mass is 32.1. The number of hydrogen-bond acceptors (Lipinski definition) is 2. The molecule has 0 aliphatic rings. The van der Waals surface area contributed by atoms with Gasteiger partial charge >= 0.3 is 0 Å². The average Bonchev–Trinajstić information content (AvgIpc) is 3.05. The molecular formula is C22H24N4S. The molecule has 5 heteroatoms. The highest BCUT2D eigenvalue weighted by Gasteiger charge is 2.02. The maximum atomic E-state index is 5.34. The lowest BCUT2D eigenvalue weighted by molar-refractivity contribution is 0.798. The van der Waals surface area contributed by atoms with Crippen molar-refractivity contribution in [2.45, 2.75) is 27.3 Å². The fourth-order valence-electron chi connectivity index (χ4n) is 2.87. The van der Waals surface area contributed by atoms with Gasteiger partial charge in [0.05, 0.1) is 11.9 Å². The maximum absolute atomic E-state index is 5.34. The van der Waals surface area contributed by atoms with Crippen LogP contribution in [0.4, 0.5) is 5.69 Å². The molecule has 0 saturated carbocycles. The molecule has 0 fully saturated rings. The molecule has 0 aliphatic carbocycles. The molecule has 2 aromatic carbocycles. The molecule has 0 atom stereocenters. The number of rotatable bonds is 5. The predicted octanol–water partition coefficient (Wildman–Crippen LogP) is 4.78. The van der Waals surface area contributed by atoms with Crippen molar-refractivity contribution in [3.63, 3.8) is 0 Å². The van der Waals surface area contributed by atoms with Crippen LogP contribution in [0.2, 0.25) is 0 Å². The first kappa shape index (κ1) is 18.9. The number of aromatic nitrogens is 1. The quantitative estimate of drug-likeness (QED) is 0.382. The van der Waals surface area contributed by atoms with Gasteiger partial charge in [0.2, 0.25) is 0 Å². The standard InChI is InChI=1S/C22H24N4S/c1-16-6-4-7-19(12-16)15-26-11-5-8-20(26)14-23-25-22(27)24-21-13-17(2)9-10-18(21)3/h4-14H,15H2,1-3H3,(H2,24,25,27). The van der Waals surface area contributed by atoms with Crippen LogP contribution in [0, 0.1) is 20.8 Å². The van der Waals surface area contributed by atoms with Crippen molar-refractivity contribution < 1.29 is 0 Å². The van der Waals surface area contributed by atoms with Gasteiger partial charge in [-0.15, -0.1) is 0 Å². The lowest BCUT2D eigenvalue weighted by Gasteiger charge is -2.11. The second kappa shape index (κ2) is 8.64. The third-order valence-electron chi connectivity index (χ3n) is 4.30. The van der Waals surface area contributed by atoms with Crippen LogP contribution in [-0.4, -0.2) is 15.9 Å². The van der Waals surface area contributed by atoms with Crippen molar-refractivity contribution in [3.8, 4) is 0 Å². The minimum absolute atomic E-state index is 0.469. The molecule has 3 rings (SSSR count). The SMILES string of the molecule is Cc1cccc(Cn2cccc2C=NNC(=S)Nc2cc(C)ccc2C)c1. The second-order valence-corrected chi connectivity index (χ2v) is 7.10. The van der Waals surface area contributed by atoms with Crippen molar-refractivity contribution in [2.75, 3.05) is 5.32 Å². The molecule has 0 unspecified atom stereocenters. The number of hydrazone groups is 1. The highest BCUT2D eigenvalue weighted by Crippen LogP contribution is 2.16. The second-order valence-electron chi connectivity index (χ2n) is 6.69. The van der Waals surface area contributed by atoms with Crippen LogP contribution in [0.1, 0.15) is 27.9 Å². The summed E-state index contributed by atoms with van der Waals surface area (Å²) in [5.74, 6) is 0. The van der Waals surface area contributed by atoms with Crippen molar-refractivity contribution in [1.82, 2.24) is 9.99 Å². The Bertz CT molecular complexity index is 972. The summed E-state index contributed by atoms with van der Waals surface area (Å²) in [6.45, 7) is 7.02. The van der Waals surface area contributed by atoms with Crippen LogP contribution in [0.15, 0.2) is 65.9 Å². The van der Waals surface area contributed by atoms with E-state index in [2.05, 4.69) is 82.9 Å². The van der Waals surface area contributed by atoms with Crippen LogP contribution in [-0.2, 0) is 6.54 Å². The molecule has 3 aromatic rings. The lowest BCUT2D eigenvalue weighted by Crippen LogP contribution is -2.24. The van der Waals surface area contributed by atoms with E-state index in [1.165, 1.54) is 16.7 Å². The van der Waals surface area contributed by atoms with Crippen LogP contribution in [0.3, 0.4) is 0 Å². The summed E-state index contributed by atoms with van der Waals surface area (Å²) in [5.41, 5.74) is 9.75. The number of nitrogens with zero attached hydrogens (tertiary/aromatic N) is 2. The van der Waals surface area contributed by atoms with Gasteiger partial charge in [-0.05, 0) is 67.9 Å². The zero-order chi connectivity index (χ0) is 19.2. The Kier molecular flexibility index (Phi) is 6.04. The summed E-state index contributed by atoms with van der Waals surface area (Å²) >= 11 is 5.34. The van der Waals surface area contributed by atoms with E-state index < -0.39 is 0 Å². The highest BCUT2D eigenvalue weighted by molar-refractivity contribution is 7.80. The van der Waals surface area contributed by atoms with E-state index in [1.807, 2.05) is 19.1 Å². The third-order valence-corrected chi connectivity index (χ3v) is 4.50. The molecule has 0 amide bonds. The normalized spacial score (nSPS) is 10.9. The Morgan fingerprint density at radius 2 is 1.85 bits per heavy atom. The summed E-state index contributed by atoms with van der Waals surface area (Å²) in [6, 6.07) is 18.8. The number of hydrogen-bond donors (Lipinski definition) is 2. The number of aryl methyl sites for hydroxylation is 3. The van der Waals surface area contributed by atoms with E-state index in [0.717, 1.165) is 23.5 Å². The van der Waals surface area contributed by atoms with Crippen LogP contribution in [0.5, 0.6) is 0 Å². The number of anilines is 1. The van der Waals surface area contributed by atoms with Crippen LogP contribution < -0.4 is 10.7 Å². The Balaban J connectivity index is 1.61. The number of thiocarbonyl (C=S) groups is 1. The Morgan fingerprint density at radius 1 is 1.04 bits per heavy atom. The summed E-state index contributed by atoms with van der Waals surface area (Å²) in [7, 11) is 0. The monoisotopic (exact) mass is 376 g/mol. The molecule has 1 aromatic heterocycles. The predicted molar refractivity (Wildman–Crippen MR) is 118 cm³/mol. The van der Waals surface area contributed by atoms with Gasteiger partial charge in [-0.25, -0.2) is 0 Å². The zero-order valence-corrected chi connectivity index (χ0v) is 16.7. The fourth-order valence-corrected chi connectivity index (χ4v) is 3.04. The Morgan fingerprint density at radius 3 is 2.67 bits per heavy atom. The van der Waals surface area contributed by atoms with E-state index in [9.17, 15) is 0 Å². The summed E-state index contributed by atoms with van der Waals surface area (Å²) in [6.07, 6.45) is 3.84. The van der Waals surface area contributed by atoms with E-state index in [-0.39, 0.29) is 0 Å². The smallest absolute Gasteiger partial charge is 0.191 e. The van der Waals surface area contributed by atoms with Crippen molar-refractivity contribution in [2.24, 2.45) is 5.10 Å². The van der Waals surface area contributed by atoms with Gasteiger partial charge < -0.3 is 9.88 Å². The molecule has 0 aliphatic heterocycles. The summed E-state index contributed by atoms with van der Waals surface area (Å²) in [4.78, 5) is 0. The van der Waals surface area contributed by atoms with Gasteiger partial charge in [0, 0.05) is 18.4 Å². The minimum atomic E-state index is 0.469. The van der Waals surface area contributed by atoms with E-state index >= 15 is 0 Å². The minimum Gasteiger partial charge on any atom is -0.342 e. The van der Waals surface area contributed by atoms with Crippen molar-refractivity contribution in [3.05, 3.63) is 88.7 Å². The summed E-state index contributed by atoms with van der Waals surface area (Å²) < 4.78 is 2.15. The molecule has 0 radical (unpaired) electrons. The largest absolute Gasteiger partial charge is 0.342 e. The Hall–Kier alpha value is -2.92. The third kappa shape index (κ3) is 5.28. The van der Waals surface area contributed by atoms with Gasteiger partial charge in [0.25, 0.3) is 0 Å². The van der Waals surface area contributed by atoms with Crippen molar-refractivity contribution >= 4 is 29.2 Å². The molecule has 2 N–H and O–H groups in total. The number of nitrogens with one attached hydrogen (secondary N) is 2. The molecule has 27 heavy (non-hydrogen) atoms. The zero-order valence-electron chi connectivity index (χ0n) is 15.9. The lowest BCUT2D eigenvalue weighted by atomic mass is 10.1. The van der Waals surface area contributed by atoms with E-state index in [0.29, 0.717) is 5.11 Å². The van der Waals surface area contributed by atoms with Gasteiger partial charge in [-0.1, -0.05) is 42.0 Å². The van der Waals surface area contributed by atoms with Crippen LogP contribution in [0.25, 0.3) is 0 Å². The molecule has 0 spiro atoms. The van der Waals surface area contributed by atoms with Crippen LogP contribution >= 0.6 is 12.2 Å². The topological polar surface area (TPSA) is 41.4 Å². The first-order valence-corrected chi connectivity index (χ1v) is 9.30. The van der Waals surface area contributed by atoms with Gasteiger partial charge in [-0.2, -0.15) is 5.10 Å². The van der Waals surface area contributed by atoms with Gasteiger partial charge in [-0.3, -0.25) is 5.43 Å². The first-order valence-electron chi connectivity index (χ1n) is 8.89. The van der Waals surface area contributed by atoms with Gasteiger partial charge in [0.1, 0.15) is 0 Å². The molecule has 1 heterocycles.